The van der Waals surface area contributed by atoms with Crippen molar-refractivity contribution in [3.8, 4) is 0 Å². The summed E-state index contributed by atoms with van der Waals surface area (Å²) in [4.78, 5) is 0. The van der Waals surface area contributed by atoms with Crippen LogP contribution < -0.4 is 11.1 Å². The zero-order valence-corrected chi connectivity index (χ0v) is 10.5. The Morgan fingerprint density at radius 1 is 1.47 bits per heavy atom. The molecule has 0 radical (unpaired) electrons. The Labute approximate surface area is 97.2 Å². The SMILES string of the molecule is CC1CC(CN)(NCCCCCO)CS1. The Balaban J connectivity index is 2.17. The summed E-state index contributed by atoms with van der Waals surface area (Å²) in [5.74, 6) is 1.14. The quantitative estimate of drug-likeness (QED) is 0.572. The first-order chi connectivity index (χ1) is 7.22. The molecule has 90 valence electrons. The highest BCUT2D eigenvalue weighted by atomic mass is 32.2. The van der Waals surface area contributed by atoms with Gasteiger partial charge in [-0.2, -0.15) is 11.8 Å². The second-order valence-electron chi connectivity index (χ2n) is 4.52. The number of hydrogen-bond acceptors (Lipinski definition) is 4. The average molecular weight is 232 g/mol. The van der Waals surface area contributed by atoms with E-state index in [1.807, 2.05) is 11.8 Å². The molecule has 0 amide bonds. The second-order valence-corrected chi connectivity index (χ2v) is 5.95. The van der Waals surface area contributed by atoms with Crippen molar-refractivity contribution < 1.29 is 5.11 Å². The Morgan fingerprint density at radius 2 is 2.27 bits per heavy atom. The van der Waals surface area contributed by atoms with Gasteiger partial charge in [0.2, 0.25) is 0 Å². The van der Waals surface area contributed by atoms with Crippen LogP contribution in [0.25, 0.3) is 0 Å². The summed E-state index contributed by atoms with van der Waals surface area (Å²) in [6.45, 7) is 4.36. The van der Waals surface area contributed by atoms with Gasteiger partial charge in [-0.3, -0.25) is 0 Å². The first-order valence-corrected chi connectivity index (χ1v) is 6.95. The summed E-state index contributed by atoms with van der Waals surface area (Å²) in [5.41, 5.74) is 6.04. The van der Waals surface area contributed by atoms with E-state index in [0.29, 0.717) is 6.61 Å². The van der Waals surface area contributed by atoms with E-state index in [9.17, 15) is 0 Å². The summed E-state index contributed by atoms with van der Waals surface area (Å²) in [5, 5.41) is 13.0. The molecule has 0 aromatic carbocycles. The molecular formula is C11H24N2OS. The topological polar surface area (TPSA) is 58.3 Å². The third kappa shape index (κ3) is 4.31. The smallest absolute Gasteiger partial charge is 0.0431 e. The van der Waals surface area contributed by atoms with Crippen molar-refractivity contribution in [2.75, 3.05) is 25.4 Å². The fraction of sp³-hybridized carbons (Fsp3) is 1.00. The van der Waals surface area contributed by atoms with Crippen LogP contribution in [0, 0.1) is 0 Å². The highest BCUT2D eigenvalue weighted by Gasteiger charge is 2.35. The van der Waals surface area contributed by atoms with Gasteiger partial charge in [-0.15, -0.1) is 0 Å². The van der Waals surface area contributed by atoms with E-state index in [1.54, 1.807) is 0 Å². The molecule has 4 N–H and O–H groups in total. The van der Waals surface area contributed by atoms with E-state index in [0.717, 1.165) is 43.4 Å². The number of hydrogen-bond donors (Lipinski definition) is 3. The highest BCUT2D eigenvalue weighted by molar-refractivity contribution is 8.00. The molecule has 15 heavy (non-hydrogen) atoms. The zero-order chi connectivity index (χ0) is 11.1. The van der Waals surface area contributed by atoms with Gasteiger partial charge < -0.3 is 16.2 Å². The lowest BCUT2D eigenvalue weighted by Gasteiger charge is -2.28. The summed E-state index contributed by atoms with van der Waals surface area (Å²) in [6.07, 6.45) is 4.35. The normalized spacial score (nSPS) is 31.0. The fourth-order valence-corrected chi connectivity index (χ4v) is 3.45. The van der Waals surface area contributed by atoms with Crippen LogP contribution in [0.4, 0.5) is 0 Å². The molecule has 0 aromatic rings. The monoisotopic (exact) mass is 232 g/mol. The Kier molecular flexibility index (Phi) is 5.97. The van der Waals surface area contributed by atoms with Gasteiger partial charge in [0.25, 0.3) is 0 Å². The van der Waals surface area contributed by atoms with Gasteiger partial charge in [0.05, 0.1) is 0 Å². The lowest BCUT2D eigenvalue weighted by atomic mass is 9.96. The molecule has 2 atom stereocenters. The van der Waals surface area contributed by atoms with Crippen molar-refractivity contribution in [1.29, 1.82) is 0 Å². The van der Waals surface area contributed by atoms with Crippen molar-refractivity contribution in [2.24, 2.45) is 5.73 Å². The van der Waals surface area contributed by atoms with Gasteiger partial charge in [-0.1, -0.05) is 6.92 Å². The third-order valence-electron chi connectivity index (χ3n) is 3.05. The highest BCUT2D eigenvalue weighted by Crippen LogP contribution is 2.33. The van der Waals surface area contributed by atoms with Crippen LogP contribution in [0.2, 0.25) is 0 Å². The third-order valence-corrected chi connectivity index (χ3v) is 4.50. The molecule has 1 aliphatic heterocycles. The van der Waals surface area contributed by atoms with Crippen molar-refractivity contribution in [3.05, 3.63) is 0 Å². The maximum atomic E-state index is 8.66. The Bertz CT molecular complexity index is 180. The van der Waals surface area contributed by atoms with Crippen molar-refractivity contribution in [3.63, 3.8) is 0 Å². The molecule has 1 aliphatic rings. The predicted octanol–water partition coefficient (Wildman–Crippen LogP) is 0.961. The van der Waals surface area contributed by atoms with Crippen molar-refractivity contribution >= 4 is 11.8 Å². The van der Waals surface area contributed by atoms with Crippen LogP contribution in [-0.4, -0.2) is 41.3 Å². The fourth-order valence-electron chi connectivity index (χ4n) is 2.07. The predicted molar refractivity (Wildman–Crippen MR) is 67.3 cm³/mol. The number of aliphatic hydroxyl groups is 1. The number of thioether (sulfide) groups is 1. The largest absolute Gasteiger partial charge is 0.396 e. The maximum absolute atomic E-state index is 8.66. The van der Waals surface area contributed by atoms with E-state index in [4.69, 9.17) is 10.8 Å². The molecule has 1 rings (SSSR count). The van der Waals surface area contributed by atoms with Crippen LogP contribution in [0.1, 0.15) is 32.6 Å². The molecular weight excluding hydrogens is 208 g/mol. The van der Waals surface area contributed by atoms with Gasteiger partial charge in [0.1, 0.15) is 0 Å². The zero-order valence-electron chi connectivity index (χ0n) is 9.67. The van der Waals surface area contributed by atoms with E-state index in [2.05, 4.69) is 12.2 Å². The first kappa shape index (κ1) is 13.3. The number of nitrogens with two attached hydrogens (primary N) is 1. The van der Waals surface area contributed by atoms with E-state index in [-0.39, 0.29) is 5.54 Å². The Morgan fingerprint density at radius 3 is 2.80 bits per heavy atom. The number of unbranched alkanes of at least 4 members (excludes halogenated alkanes) is 2. The van der Waals surface area contributed by atoms with Crippen LogP contribution in [0.3, 0.4) is 0 Å². The minimum atomic E-state index is 0.184. The summed E-state index contributed by atoms with van der Waals surface area (Å²) < 4.78 is 0. The molecule has 1 heterocycles. The second kappa shape index (κ2) is 6.74. The van der Waals surface area contributed by atoms with Crippen LogP contribution >= 0.6 is 11.8 Å². The van der Waals surface area contributed by atoms with Crippen LogP contribution in [-0.2, 0) is 0 Å². The van der Waals surface area contributed by atoms with E-state index < -0.39 is 0 Å². The molecule has 0 spiro atoms. The van der Waals surface area contributed by atoms with Crippen LogP contribution in [0.5, 0.6) is 0 Å². The minimum Gasteiger partial charge on any atom is -0.396 e. The first-order valence-electron chi connectivity index (χ1n) is 5.90. The molecule has 0 aromatic heterocycles. The number of rotatable bonds is 7. The molecule has 0 aliphatic carbocycles. The minimum absolute atomic E-state index is 0.184. The standard InChI is InChI=1S/C11H24N2OS/c1-10-7-11(8-12,9-15-10)13-5-3-2-4-6-14/h10,13-14H,2-9,12H2,1H3. The number of aliphatic hydroxyl groups excluding tert-OH is 1. The molecule has 1 saturated heterocycles. The lowest BCUT2D eigenvalue weighted by molar-refractivity contribution is 0.280. The van der Waals surface area contributed by atoms with E-state index in [1.165, 1.54) is 6.42 Å². The van der Waals surface area contributed by atoms with Crippen LogP contribution in [0.15, 0.2) is 0 Å². The molecule has 1 fully saturated rings. The summed E-state index contributed by atoms with van der Waals surface area (Å²) in [6, 6.07) is 0. The van der Waals surface area contributed by atoms with E-state index >= 15 is 0 Å². The maximum Gasteiger partial charge on any atom is 0.0431 e. The molecule has 0 saturated carbocycles. The number of nitrogens with one attached hydrogen (secondary N) is 1. The molecule has 0 bridgehead atoms. The van der Waals surface area contributed by atoms with Gasteiger partial charge in [-0.05, 0) is 32.2 Å². The van der Waals surface area contributed by atoms with Gasteiger partial charge >= 0.3 is 0 Å². The van der Waals surface area contributed by atoms with Gasteiger partial charge in [0.15, 0.2) is 0 Å². The molecule has 4 heteroatoms. The lowest BCUT2D eigenvalue weighted by Crippen LogP contribution is -2.52. The molecule has 2 unspecified atom stereocenters. The average Bonchev–Trinajstić information content (AvgIpc) is 2.61. The van der Waals surface area contributed by atoms with Crippen molar-refractivity contribution in [2.45, 2.75) is 43.4 Å². The van der Waals surface area contributed by atoms with Gasteiger partial charge in [-0.25, -0.2) is 0 Å². The Hall–Kier alpha value is 0.230. The molecule has 3 nitrogen and oxygen atoms in total. The summed E-state index contributed by atoms with van der Waals surface area (Å²) in [7, 11) is 0. The summed E-state index contributed by atoms with van der Waals surface area (Å²) >= 11 is 2.01. The van der Waals surface area contributed by atoms with Gasteiger partial charge in [0, 0.05) is 29.7 Å². The van der Waals surface area contributed by atoms with Crippen molar-refractivity contribution in [1.82, 2.24) is 5.32 Å².